The van der Waals surface area contributed by atoms with Crippen LogP contribution in [-0.2, 0) is 16.6 Å². The normalized spacial score (nSPS) is 17.5. The summed E-state index contributed by atoms with van der Waals surface area (Å²) in [5.74, 6) is -0.577. The first kappa shape index (κ1) is 22.3. The third-order valence-corrected chi connectivity index (χ3v) is 6.57. The Kier molecular flexibility index (Phi) is 6.22. The average molecular weight is 466 g/mol. The zero-order valence-electron chi connectivity index (χ0n) is 16.9. The molecular formula is C21H21F3N4O3S. The summed E-state index contributed by atoms with van der Waals surface area (Å²) in [6.45, 7) is 1.86. The van der Waals surface area contributed by atoms with Gasteiger partial charge in [0.15, 0.2) is 0 Å². The van der Waals surface area contributed by atoms with E-state index in [0.29, 0.717) is 26.1 Å². The summed E-state index contributed by atoms with van der Waals surface area (Å²) in [7, 11) is -3.98. The van der Waals surface area contributed by atoms with Crippen molar-refractivity contribution >= 4 is 10.0 Å². The number of nitrogens with one attached hydrogen (secondary N) is 1. The second-order valence-corrected chi connectivity index (χ2v) is 9.20. The van der Waals surface area contributed by atoms with Gasteiger partial charge in [-0.2, -0.15) is 5.10 Å². The van der Waals surface area contributed by atoms with Crippen molar-refractivity contribution in [2.75, 3.05) is 13.1 Å². The van der Waals surface area contributed by atoms with Gasteiger partial charge in [-0.25, -0.2) is 17.8 Å². The van der Waals surface area contributed by atoms with E-state index in [1.807, 2.05) is 36.5 Å². The number of alkyl halides is 3. The molecule has 0 spiro atoms. The number of likely N-dealkylation sites (tertiary alicyclic amines) is 1. The van der Waals surface area contributed by atoms with Crippen LogP contribution in [0.5, 0.6) is 5.75 Å². The number of sulfonamides is 1. The molecular weight excluding hydrogens is 445 g/mol. The smallest absolute Gasteiger partial charge is 0.406 e. The lowest BCUT2D eigenvalue weighted by atomic mass is 10.2. The van der Waals surface area contributed by atoms with Crippen molar-refractivity contribution < 1.29 is 26.3 Å². The maximum Gasteiger partial charge on any atom is 0.573 e. The Hall–Kier alpha value is -2.89. The predicted molar refractivity (Wildman–Crippen MR) is 111 cm³/mol. The molecule has 1 aromatic heterocycles. The van der Waals surface area contributed by atoms with Crippen LogP contribution in [0.3, 0.4) is 0 Å². The molecule has 1 fully saturated rings. The van der Waals surface area contributed by atoms with Gasteiger partial charge in [0.25, 0.3) is 0 Å². The maximum absolute atomic E-state index is 12.6. The Morgan fingerprint density at radius 2 is 1.91 bits per heavy atom. The number of rotatable bonds is 7. The third kappa shape index (κ3) is 5.67. The molecule has 1 aliphatic rings. The van der Waals surface area contributed by atoms with E-state index in [1.165, 1.54) is 12.1 Å². The molecule has 7 nitrogen and oxygen atoms in total. The highest BCUT2D eigenvalue weighted by Gasteiger charge is 2.32. The first-order chi connectivity index (χ1) is 15.2. The molecule has 1 saturated heterocycles. The van der Waals surface area contributed by atoms with E-state index in [-0.39, 0.29) is 10.9 Å². The van der Waals surface area contributed by atoms with Crippen molar-refractivity contribution in [3.63, 3.8) is 0 Å². The van der Waals surface area contributed by atoms with E-state index in [1.54, 1.807) is 10.9 Å². The number of aromatic nitrogens is 2. The molecule has 11 heteroatoms. The molecule has 1 atom stereocenters. The summed E-state index contributed by atoms with van der Waals surface area (Å²) >= 11 is 0. The summed E-state index contributed by atoms with van der Waals surface area (Å²) in [5.41, 5.74) is 2.03. The topological polar surface area (TPSA) is 76.5 Å². The minimum Gasteiger partial charge on any atom is -0.406 e. The van der Waals surface area contributed by atoms with Gasteiger partial charge in [-0.1, -0.05) is 18.2 Å². The standard InChI is InChI=1S/C21H21F3N4O3S/c22-21(23,24)31-19-3-1-4-20(13-19)32(29,30)26-17-9-12-27(15-17)14-16-5-7-18(8-6-16)28-11-2-10-25-28/h1-8,10-11,13,17,26H,9,12,14-15H2/t17-/m1/s1. The van der Waals surface area contributed by atoms with E-state index < -0.39 is 22.1 Å². The number of ether oxygens (including phenoxy) is 1. The molecule has 0 unspecified atom stereocenters. The van der Waals surface area contributed by atoms with Crippen molar-refractivity contribution in [1.82, 2.24) is 19.4 Å². The van der Waals surface area contributed by atoms with Crippen LogP contribution in [0.25, 0.3) is 5.69 Å². The van der Waals surface area contributed by atoms with Gasteiger partial charge in [-0.15, -0.1) is 13.2 Å². The van der Waals surface area contributed by atoms with Gasteiger partial charge in [0.05, 0.1) is 10.6 Å². The summed E-state index contributed by atoms with van der Waals surface area (Å²) in [4.78, 5) is 1.85. The van der Waals surface area contributed by atoms with Crippen LogP contribution in [0.1, 0.15) is 12.0 Å². The lowest BCUT2D eigenvalue weighted by Crippen LogP contribution is -2.37. The second kappa shape index (κ2) is 8.93. The minimum atomic E-state index is -4.89. The molecule has 0 amide bonds. The zero-order valence-corrected chi connectivity index (χ0v) is 17.7. The predicted octanol–water partition coefficient (Wildman–Crippen LogP) is 3.32. The molecule has 32 heavy (non-hydrogen) atoms. The molecule has 170 valence electrons. The van der Waals surface area contributed by atoms with Crippen molar-refractivity contribution in [2.24, 2.45) is 0 Å². The maximum atomic E-state index is 12.6. The van der Waals surface area contributed by atoms with Crippen molar-refractivity contribution in [3.8, 4) is 11.4 Å². The van der Waals surface area contributed by atoms with Crippen LogP contribution >= 0.6 is 0 Å². The highest BCUT2D eigenvalue weighted by Crippen LogP contribution is 2.25. The molecule has 4 rings (SSSR count). The Morgan fingerprint density at radius 3 is 2.59 bits per heavy atom. The van der Waals surface area contributed by atoms with Gasteiger partial charge in [-0.05, 0) is 42.3 Å². The van der Waals surface area contributed by atoms with Crippen LogP contribution in [0.2, 0.25) is 0 Å². The molecule has 2 heterocycles. The summed E-state index contributed by atoms with van der Waals surface area (Å²) in [6.07, 6.45) is -0.724. The number of halogens is 3. The van der Waals surface area contributed by atoms with E-state index in [0.717, 1.165) is 23.4 Å². The Balaban J connectivity index is 1.35. The number of nitrogens with zero attached hydrogens (tertiary/aromatic N) is 3. The van der Waals surface area contributed by atoms with Crippen molar-refractivity contribution in [3.05, 3.63) is 72.6 Å². The fourth-order valence-corrected chi connectivity index (χ4v) is 4.93. The monoisotopic (exact) mass is 466 g/mol. The lowest BCUT2D eigenvalue weighted by Gasteiger charge is -2.17. The van der Waals surface area contributed by atoms with E-state index in [4.69, 9.17) is 0 Å². The van der Waals surface area contributed by atoms with E-state index in [2.05, 4.69) is 19.5 Å². The van der Waals surface area contributed by atoms with Crippen LogP contribution in [0.4, 0.5) is 13.2 Å². The van der Waals surface area contributed by atoms with Crippen LogP contribution in [-0.4, -0.2) is 48.6 Å². The molecule has 1 aliphatic heterocycles. The zero-order chi connectivity index (χ0) is 22.8. The first-order valence-electron chi connectivity index (χ1n) is 9.87. The number of hydrogen-bond acceptors (Lipinski definition) is 5. The fourth-order valence-electron chi connectivity index (χ4n) is 3.63. The van der Waals surface area contributed by atoms with Crippen LogP contribution in [0.15, 0.2) is 71.9 Å². The fraction of sp³-hybridized carbons (Fsp3) is 0.286. The van der Waals surface area contributed by atoms with Crippen molar-refractivity contribution in [1.29, 1.82) is 0 Å². The average Bonchev–Trinajstić information content (AvgIpc) is 3.40. The van der Waals surface area contributed by atoms with Gasteiger partial charge in [0.2, 0.25) is 10.0 Å². The summed E-state index contributed by atoms with van der Waals surface area (Å²) in [6, 6.07) is 13.8. The summed E-state index contributed by atoms with van der Waals surface area (Å²) in [5, 5.41) is 4.19. The van der Waals surface area contributed by atoms with Gasteiger partial charge >= 0.3 is 6.36 Å². The quantitative estimate of drug-likeness (QED) is 0.578. The third-order valence-electron chi connectivity index (χ3n) is 5.06. The molecule has 0 aliphatic carbocycles. The molecule has 0 radical (unpaired) electrons. The Bertz CT molecular complexity index is 1150. The molecule has 2 aromatic carbocycles. The van der Waals surface area contributed by atoms with E-state index >= 15 is 0 Å². The number of benzene rings is 2. The first-order valence-corrected chi connectivity index (χ1v) is 11.4. The lowest BCUT2D eigenvalue weighted by molar-refractivity contribution is -0.274. The minimum absolute atomic E-state index is 0.271. The largest absolute Gasteiger partial charge is 0.573 e. The highest BCUT2D eigenvalue weighted by atomic mass is 32.2. The van der Waals surface area contributed by atoms with Crippen LogP contribution in [0, 0.1) is 0 Å². The highest BCUT2D eigenvalue weighted by molar-refractivity contribution is 7.89. The van der Waals surface area contributed by atoms with Crippen molar-refractivity contribution in [2.45, 2.75) is 30.3 Å². The molecule has 0 saturated carbocycles. The van der Waals surface area contributed by atoms with E-state index in [9.17, 15) is 21.6 Å². The molecule has 1 N–H and O–H groups in total. The Morgan fingerprint density at radius 1 is 1.12 bits per heavy atom. The van der Waals surface area contributed by atoms with Gasteiger partial charge < -0.3 is 4.74 Å². The SMILES string of the molecule is O=S(=O)(N[C@@H]1CCN(Cc2ccc(-n3cccn3)cc2)C1)c1cccc(OC(F)(F)F)c1. The summed E-state index contributed by atoms with van der Waals surface area (Å²) < 4.78 is 70.7. The van der Waals surface area contributed by atoms with Gasteiger partial charge in [0.1, 0.15) is 5.75 Å². The van der Waals surface area contributed by atoms with Crippen LogP contribution < -0.4 is 9.46 Å². The van der Waals surface area contributed by atoms with Gasteiger partial charge in [0, 0.05) is 44.1 Å². The second-order valence-electron chi connectivity index (χ2n) is 7.48. The molecule has 3 aromatic rings. The van der Waals surface area contributed by atoms with Gasteiger partial charge in [-0.3, -0.25) is 4.90 Å². The number of hydrogen-bond donors (Lipinski definition) is 1. The Labute approximate surface area is 183 Å². The molecule has 0 bridgehead atoms.